The fourth-order valence-corrected chi connectivity index (χ4v) is 4.83. The second kappa shape index (κ2) is 3.71. The Balaban J connectivity index is 4.04. The van der Waals surface area contributed by atoms with Gasteiger partial charge in [-0.2, -0.15) is 52.7 Å². The second-order valence-electron chi connectivity index (χ2n) is 3.86. The molecular weight excluding hydrogens is 364 g/mol. The summed E-state index contributed by atoms with van der Waals surface area (Å²) >= 11 is 0. The second-order valence-corrected chi connectivity index (χ2v) is 6.09. The molecule has 0 aromatic heterocycles. The molecule has 0 radical (unpaired) electrons. The highest BCUT2D eigenvalue weighted by Gasteiger charge is 3.16. The summed E-state index contributed by atoms with van der Waals surface area (Å²) < 4.78 is 156. The van der Waals surface area contributed by atoms with Crippen LogP contribution in [-0.4, -0.2) is 42.6 Å². The van der Waals surface area contributed by atoms with E-state index in [-0.39, 0.29) is 0 Å². The summed E-state index contributed by atoms with van der Waals surface area (Å²) in [7, 11) is -7.75. The van der Waals surface area contributed by atoms with Crippen LogP contribution >= 0.6 is 0 Å². The van der Waals surface area contributed by atoms with Crippen molar-refractivity contribution in [2.75, 3.05) is 0 Å². The smallest absolute Gasteiger partial charge is 0.226 e. The van der Waals surface area contributed by atoms with E-state index in [1.54, 1.807) is 0 Å². The molecule has 0 amide bonds. The van der Waals surface area contributed by atoms with Gasteiger partial charge >= 0.3 is 24.7 Å². The first-order valence-corrected chi connectivity index (χ1v) is 5.74. The van der Waals surface area contributed by atoms with E-state index in [9.17, 15) is 61.1 Å². The van der Waals surface area contributed by atoms with Crippen molar-refractivity contribution in [3.05, 3.63) is 0 Å². The van der Waals surface area contributed by atoms with E-state index in [1.165, 1.54) is 0 Å². The van der Waals surface area contributed by atoms with E-state index < -0.39 is 44.0 Å². The normalized spacial score (nSPS) is 24.8. The van der Waals surface area contributed by atoms with E-state index in [1.807, 2.05) is 0 Å². The number of halogens is 12. The van der Waals surface area contributed by atoms with Crippen molar-refractivity contribution >= 4 is 9.84 Å². The predicted octanol–water partition coefficient (Wildman–Crippen LogP) is 3.14. The Morgan fingerprint density at radius 2 is 0.619 bits per heavy atom. The molecule has 0 N–H and O–H groups in total. The maximum atomic E-state index is 12.3. The molecule has 1 aliphatic rings. The molecule has 0 spiro atoms. The number of hydrogen-bond donors (Lipinski definition) is 0. The Morgan fingerprint density at radius 3 is 0.667 bits per heavy atom. The standard InChI is InChI=1S/C6F12O2S/c7-3(8,9)1(4(10,11)12)2(5(13,14)15,6(16,17)18)21(1,19)20. The van der Waals surface area contributed by atoms with Crippen LogP contribution in [0.2, 0.25) is 0 Å². The Hall–Kier alpha value is -0.890. The molecule has 0 bridgehead atoms. The molecule has 2 nitrogen and oxygen atoms in total. The van der Waals surface area contributed by atoms with Crippen LogP contribution in [0, 0.1) is 0 Å². The van der Waals surface area contributed by atoms with Gasteiger partial charge in [-0.15, -0.1) is 0 Å². The topological polar surface area (TPSA) is 34.1 Å². The zero-order valence-electron chi connectivity index (χ0n) is 8.76. The Labute approximate surface area is 106 Å². The average molecular weight is 364 g/mol. The Bertz CT molecular complexity index is 470. The molecule has 0 aliphatic carbocycles. The zero-order valence-corrected chi connectivity index (χ0v) is 9.58. The molecule has 0 saturated carbocycles. The van der Waals surface area contributed by atoms with Crippen LogP contribution in [0.15, 0.2) is 0 Å². The first kappa shape index (κ1) is 18.2. The van der Waals surface area contributed by atoms with E-state index in [0.29, 0.717) is 0 Å². The molecule has 126 valence electrons. The lowest BCUT2D eigenvalue weighted by Crippen LogP contribution is -2.61. The van der Waals surface area contributed by atoms with Gasteiger partial charge in [0, 0.05) is 0 Å². The molecule has 0 atom stereocenters. The summed E-state index contributed by atoms with van der Waals surface area (Å²) in [5.74, 6) is 0. The molecule has 0 aromatic carbocycles. The molecule has 15 heteroatoms. The number of sulfone groups is 1. The molecule has 0 unspecified atom stereocenters. The molecular formula is C6F12O2S. The van der Waals surface area contributed by atoms with Crippen molar-refractivity contribution in [2.45, 2.75) is 34.2 Å². The summed E-state index contributed by atoms with van der Waals surface area (Å²) in [6.07, 6.45) is -29.5. The quantitative estimate of drug-likeness (QED) is 0.489. The zero-order chi connectivity index (χ0) is 17.5. The van der Waals surface area contributed by atoms with Crippen molar-refractivity contribution < 1.29 is 61.1 Å². The fraction of sp³-hybridized carbons (Fsp3) is 1.00. The van der Waals surface area contributed by atoms with Crippen molar-refractivity contribution in [3.8, 4) is 0 Å². The van der Waals surface area contributed by atoms with Crippen molar-refractivity contribution in [2.24, 2.45) is 0 Å². The summed E-state index contributed by atoms with van der Waals surface area (Å²) in [6.45, 7) is 0. The van der Waals surface area contributed by atoms with Gasteiger partial charge in [-0.3, -0.25) is 0 Å². The minimum atomic E-state index is -7.75. The lowest BCUT2D eigenvalue weighted by molar-refractivity contribution is -0.327. The molecule has 1 aliphatic heterocycles. The highest BCUT2D eigenvalue weighted by atomic mass is 32.2. The monoisotopic (exact) mass is 364 g/mol. The molecule has 0 aromatic rings. The van der Waals surface area contributed by atoms with Crippen LogP contribution in [0.1, 0.15) is 0 Å². The number of hydrogen-bond acceptors (Lipinski definition) is 2. The van der Waals surface area contributed by atoms with Gasteiger partial charge in [0.05, 0.1) is 0 Å². The maximum Gasteiger partial charge on any atom is 0.419 e. The molecule has 1 saturated heterocycles. The van der Waals surface area contributed by atoms with Gasteiger partial charge in [0.2, 0.25) is 9.84 Å². The third-order valence-electron chi connectivity index (χ3n) is 2.86. The van der Waals surface area contributed by atoms with E-state index in [0.717, 1.165) is 0 Å². The highest BCUT2D eigenvalue weighted by Crippen LogP contribution is 2.79. The first-order chi connectivity index (χ1) is 8.75. The first-order valence-electron chi connectivity index (χ1n) is 4.26. The molecule has 1 fully saturated rings. The van der Waals surface area contributed by atoms with E-state index in [2.05, 4.69) is 0 Å². The largest absolute Gasteiger partial charge is 0.419 e. The van der Waals surface area contributed by atoms with Gasteiger partial charge in [0.15, 0.2) is 0 Å². The lowest BCUT2D eigenvalue weighted by atomic mass is 9.89. The predicted molar refractivity (Wildman–Crippen MR) is 38.6 cm³/mol. The summed E-state index contributed by atoms with van der Waals surface area (Å²) in [4.78, 5) is 0. The van der Waals surface area contributed by atoms with Gasteiger partial charge in [-0.1, -0.05) is 0 Å². The van der Waals surface area contributed by atoms with Crippen molar-refractivity contribution in [1.29, 1.82) is 0 Å². The summed E-state index contributed by atoms with van der Waals surface area (Å²) in [5.41, 5.74) is 0. The Kier molecular flexibility index (Phi) is 3.21. The van der Waals surface area contributed by atoms with Gasteiger partial charge in [0.1, 0.15) is 0 Å². The van der Waals surface area contributed by atoms with Crippen LogP contribution in [0.5, 0.6) is 0 Å². The van der Waals surface area contributed by atoms with Crippen LogP contribution in [0.4, 0.5) is 52.7 Å². The van der Waals surface area contributed by atoms with Crippen LogP contribution in [-0.2, 0) is 9.84 Å². The van der Waals surface area contributed by atoms with Gasteiger partial charge in [-0.05, 0) is 0 Å². The van der Waals surface area contributed by atoms with Crippen LogP contribution in [0.3, 0.4) is 0 Å². The maximum absolute atomic E-state index is 12.3. The number of rotatable bonds is 0. The van der Waals surface area contributed by atoms with Crippen molar-refractivity contribution in [1.82, 2.24) is 0 Å². The fourth-order valence-electron chi connectivity index (χ4n) is 2.13. The minimum absolute atomic E-state index is 6.98. The Morgan fingerprint density at radius 1 is 0.476 bits per heavy atom. The average Bonchev–Trinajstić information content (AvgIpc) is 2.54. The molecule has 1 heterocycles. The summed E-state index contributed by atoms with van der Waals surface area (Å²) in [6, 6.07) is 0. The minimum Gasteiger partial charge on any atom is -0.226 e. The van der Waals surface area contributed by atoms with Crippen molar-refractivity contribution in [3.63, 3.8) is 0 Å². The van der Waals surface area contributed by atoms with Gasteiger partial charge in [-0.25, -0.2) is 8.42 Å². The van der Waals surface area contributed by atoms with Crippen LogP contribution < -0.4 is 0 Å². The third-order valence-corrected chi connectivity index (χ3v) is 5.80. The molecule has 1 rings (SSSR count). The van der Waals surface area contributed by atoms with E-state index >= 15 is 0 Å². The van der Waals surface area contributed by atoms with E-state index in [4.69, 9.17) is 0 Å². The highest BCUT2D eigenvalue weighted by molar-refractivity contribution is 8.02. The molecule has 21 heavy (non-hydrogen) atoms. The SMILES string of the molecule is O=S1(=O)C(C(F)(F)F)(C(F)(F)F)C1(C(F)(F)F)C(F)(F)F. The summed E-state index contributed by atoms with van der Waals surface area (Å²) in [5, 5.41) is 0. The third kappa shape index (κ3) is 1.55. The lowest BCUT2D eigenvalue weighted by Gasteiger charge is -2.27. The van der Waals surface area contributed by atoms with Gasteiger partial charge < -0.3 is 0 Å². The van der Waals surface area contributed by atoms with Gasteiger partial charge in [0.25, 0.3) is 9.49 Å². The van der Waals surface area contributed by atoms with Crippen LogP contribution in [0.25, 0.3) is 0 Å². The number of alkyl halides is 12.